The van der Waals surface area contributed by atoms with Gasteiger partial charge in [0.1, 0.15) is 18.1 Å². The second kappa shape index (κ2) is 16.1. The van der Waals surface area contributed by atoms with Gasteiger partial charge in [0, 0.05) is 6.54 Å². The summed E-state index contributed by atoms with van der Waals surface area (Å²) in [4.78, 5) is 53.3. The Labute approximate surface area is 199 Å². The summed E-state index contributed by atoms with van der Waals surface area (Å²) in [5, 5.41) is 17.1. The second-order valence-electron chi connectivity index (χ2n) is 8.17. The van der Waals surface area contributed by atoms with Gasteiger partial charge in [-0.05, 0) is 50.5 Å². The van der Waals surface area contributed by atoms with Gasteiger partial charge in [0.25, 0.3) is 0 Å². The third kappa shape index (κ3) is 13.6. The van der Waals surface area contributed by atoms with E-state index < -0.39 is 47.9 Å². The standard InChI is InChI=1S/C20H39N7O5S/c1-11(2)10-15(27-16(28)12(3)21)18(30)25-13(6-5-8-24-20(22)23)17(29)26-14(19(31)32)7-9-33-4/h11-15H,5-10,21H2,1-4H3,(H,25,30)(H,26,29)(H,27,28)(H,31,32)(H4,22,23,24). The maximum Gasteiger partial charge on any atom is 0.326 e. The Hall–Kier alpha value is -2.54. The van der Waals surface area contributed by atoms with Gasteiger partial charge < -0.3 is 38.3 Å². The smallest absolute Gasteiger partial charge is 0.326 e. The number of hydrogen-bond donors (Lipinski definition) is 7. The molecule has 0 saturated heterocycles. The summed E-state index contributed by atoms with van der Waals surface area (Å²) in [6.45, 7) is 5.51. The average molecular weight is 490 g/mol. The lowest BCUT2D eigenvalue weighted by Gasteiger charge is -2.25. The van der Waals surface area contributed by atoms with Gasteiger partial charge in [0.2, 0.25) is 17.7 Å². The molecular formula is C20H39N7O5S. The van der Waals surface area contributed by atoms with Crippen LogP contribution in [0.25, 0.3) is 0 Å². The number of carbonyl (C=O) groups excluding carboxylic acids is 3. The fourth-order valence-corrected chi connectivity index (χ4v) is 3.29. The van der Waals surface area contributed by atoms with Crippen molar-refractivity contribution < 1.29 is 24.3 Å². The van der Waals surface area contributed by atoms with Gasteiger partial charge in [-0.3, -0.25) is 19.4 Å². The van der Waals surface area contributed by atoms with E-state index >= 15 is 0 Å². The molecule has 0 radical (unpaired) electrons. The number of carboxylic acid groups (broad SMARTS) is 1. The number of carboxylic acids is 1. The zero-order valence-electron chi connectivity index (χ0n) is 19.8. The van der Waals surface area contributed by atoms with Gasteiger partial charge in [0.15, 0.2) is 5.96 Å². The van der Waals surface area contributed by atoms with Crippen LogP contribution in [0.1, 0.15) is 46.5 Å². The van der Waals surface area contributed by atoms with Gasteiger partial charge >= 0.3 is 5.97 Å². The van der Waals surface area contributed by atoms with E-state index in [9.17, 15) is 24.3 Å². The topological polar surface area (TPSA) is 215 Å². The second-order valence-corrected chi connectivity index (χ2v) is 9.16. The number of aliphatic carboxylic acids is 1. The van der Waals surface area contributed by atoms with Crippen molar-refractivity contribution >= 4 is 41.4 Å². The van der Waals surface area contributed by atoms with Crippen molar-refractivity contribution in [1.82, 2.24) is 16.0 Å². The fourth-order valence-electron chi connectivity index (χ4n) is 2.82. The number of guanidine groups is 1. The number of nitrogens with one attached hydrogen (secondary N) is 3. The molecular weight excluding hydrogens is 450 g/mol. The van der Waals surface area contributed by atoms with Crippen molar-refractivity contribution in [3.63, 3.8) is 0 Å². The van der Waals surface area contributed by atoms with Crippen LogP contribution in [0.3, 0.4) is 0 Å². The number of nitrogens with zero attached hydrogens (tertiary/aromatic N) is 1. The summed E-state index contributed by atoms with van der Waals surface area (Å²) < 4.78 is 0. The lowest BCUT2D eigenvalue weighted by Crippen LogP contribution is -2.57. The largest absolute Gasteiger partial charge is 0.480 e. The Morgan fingerprint density at radius 2 is 1.45 bits per heavy atom. The molecule has 0 bridgehead atoms. The molecule has 10 N–H and O–H groups in total. The van der Waals surface area contributed by atoms with Gasteiger partial charge in [-0.25, -0.2) is 4.79 Å². The predicted molar refractivity (Wildman–Crippen MR) is 129 cm³/mol. The van der Waals surface area contributed by atoms with Crippen molar-refractivity contribution in [1.29, 1.82) is 0 Å². The minimum Gasteiger partial charge on any atom is -0.480 e. The molecule has 33 heavy (non-hydrogen) atoms. The first-order valence-electron chi connectivity index (χ1n) is 10.8. The maximum absolute atomic E-state index is 13.0. The highest BCUT2D eigenvalue weighted by atomic mass is 32.2. The predicted octanol–water partition coefficient (Wildman–Crippen LogP) is -1.27. The first-order chi connectivity index (χ1) is 15.4. The van der Waals surface area contributed by atoms with E-state index in [0.29, 0.717) is 18.6 Å². The molecule has 0 heterocycles. The Bertz CT molecular complexity index is 684. The molecule has 0 fully saturated rings. The normalized spacial score (nSPS) is 14.5. The van der Waals surface area contributed by atoms with Crippen molar-refractivity contribution in [2.45, 2.75) is 70.6 Å². The SMILES string of the molecule is CSCCC(NC(=O)C(CCCN=C(N)N)NC(=O)C(CC(C)C)NC(=O)C(C)N)C(=O)O. The molecule has 12 nitrogen and oxygen atoms in total. The molecule has 4 atom stereocenters. The molecule has 0 spiro atoms. The molecule has 0 aromatic carbocycles. The van der Waals surface area contributed by atoms with Crippen molar-refractivity contribution in [3.05, 3.63) is 0 Å². The Balaban J connectivity index is 5.50. The molecule has 0 saturated carbocycles. The van der Waals surface area contributed by atoms with Crippen LogP contribution >= 0.6 is 11.8 Å². The van der Waals surface area contributed by atoms with Crippen LogP contribution in [-0.2, 0) is 19.2 Å². The summed E-state index contributed by atoms with van der Waals surface area (Å²) in [6.07, 6.45) is 2.92. The Kier molecular flexibility index (Phi) is 14.9. The average Bonchev–Trinajstić information content (AvgIpc) is 2.71. The zero-order valence-corrected chi connectivity index (χ0v) is 20.6. The maximum atomic E-state index is 13.0. The summed E-state index contributed by atoms with van der Waals surface area (Å²) >= 11 is 1.46. The summed E-state index contributed by atoms with van der Waals surface area (Å²) in [6, 6.07) is -3.84. The number of carbonyl (C=O) groups is 4. The third-order valence-corrected chi connectivity index (χ3v) is 5.20. The lowest BCUT2D eigenvalue weighted by atomic mass is 10.0. The highest BCUT2D eigenvalue weighted by Crippen LogP contribution is 2.08. The number of nitrogens with two attached hydrogens (primary N) is 3. The number of amides is 3. The number of hydrogen-bond acceptors (Lipinski definition) is 7. The number of thioether (sulfide) groups is 1. The van der Waals surface area contributed by atoms with Crippen LogP contribution in [0.15, 0.2) is 4.99 Å². The van der Waals surface area contributed by atoms with E-state index in [4.69, 9.17) is 17.2 Å². The molecule has 0 aliphatic heterocycles. The van der Waals surface area contributed by atoms with Crippen LogP contribution in [0.2, 0.25) is 0 Å². The highest BCUT2D eigenvalue weighted by Gasteiger charge is 2.30. The van der Waals surface area contributed by atoms with Crippen LogP contribution in [0.5, 0.6) is 0 Å². The van der Waals surface area contributed by atoms with Crippen molar-refractivity contribution in [2.75, 3.05) is 18.6 Å². The molecule has 0 aromatic heterocycles. The summed E-state index contributed by atoms with van der Waals surface area (Å²) in [5.74, 6) is -2.33. The van der Waals surface area contributed by atoms with Gasteiger partial charge in [-0.2, -0.15) is 11.8 Å². The van der Waals surface area contributed by atoms with E-state index in [1.807, 2.05) is 20.1 Å². The first kappa shape index (κ1) is 30.5. The highest BCUT2D eigenvalue weighted by molar-refractivity contribution is 7.98. The Morgan fingerprint density at radius 1 is 0.909 bits per heavy atom. The quantitative estimate of drug-likeness (QED) is 0.0779. The van der Waals surface area contributed by atoms with Gasteiger partial charge in [-0.15, -0.1) is 0 Å². The van der Waals surface area contributed by atoms with Gasteiger partial charge in [0.05, 0.1) is 6.04 Å². The Morgan fingerprint density at radius 3 is 1.94 bits per heavy atom. The third-order valence-electron chi connectivity index (χ3n) is 4.56. The molecule has 3 amide bonds. The fraction of sp³-hybridized carbons (Fsp3) is 0.750. The van der Waals surface area contributed by atoms with Crippen molar-refractivity contribution in [2.24, 2.45) is 28.1 Å². The van der Waals surface area contributed by atoms with E-state index in [1.165, 1.54) is 18.7 Å². The van der Waals surface area contributed by atoms with Gasteiger partial charge in [-0.1, -0.05) is 13.8 Å². The number of rotatable bonds is 16. The molecule has 190 valence electrons. The molecule has 0 rings (SSSR count). The minimum absolute atomic E-state index is 0.0752. The van der Waals surface area contributed by atoms with E-state index in [0.717, 1.165) is 0 Å². The summed E-state index contributed by atoms with van der Waals surface area (Å²) in [5.41, 5.74) is 16.2. The lowest BCUT2D eigenvalue weighted by molar-refractivity contribution is -0.142. The van der Waals surface area contributed by atoms with E-state index in [-0.39, 0.29) is 31.3 Å². The van der Waals surface area contributed by atoms with Crippen LogP contribution < -0.4 is 33.2 Å². The number of aliphatic imine (C=N–C) groups is 1. The first-order valence-corrected chi connectivity index (χ1v) is 12.2. The molecule has 0 aliphatic carbocycles. The monoisotopic (exact) mass is 489 g/mol. The van der Waals surface area contributed by atoms with E-state index in [1.54, 1.807) is 0 Å². The molecule has 0 aliphatic rings. The molecule has 0 aromatic rings. The van der Waals surface area contributed by atoms with Crippen LogP contribution in [-0.4, -0.2) is 77.5 Å². The van der Waals surface area contributed by atoms with Crippen molar-refractivity contribution in [3.8, 4) is 0 Å². The summed E-state index contributed by atoms with van der Waals surface area (Å²) in [7, 11) is 0. The minimum atomic E-state index is -1.16. The van der Waals surface area contributed by atoms with E-state index in [2.05, 4.69) is 20.9 Å². The molecule has 4 unspecified atom stereocenters. The zero-order chi connectivity index (χ0) is 25.6. The van der Waals surface area contributed by atoms with Crippen LogP contribution in [0.4, 0.5) is 0 Å². The molecule has 13 heteroatoms. The van der Waals surface area contributed by atoms with Crippen LogP contribution in [0, 0.1) is 5.92 Å².